The van der Waals surface area contributed by atoms with E-state index in [1.54, 1.807) is 36.0 Å². The van der Waals surface area contributed by atoms with E-state index in [1.165, 1.54) is 0 Å². The summed E-state index contributed by atoms with van der Waals surface area (Å²) in [6.07, 6.45) is 3.33. The number of carbonyl (C=O) groups is 2. The van der Waals surface area contributed by atoms with E-state index in [4.69, 9.17) is 4.74 Å². The fourth-order valence-electron chi connectivity index (χ4n) is 2.62. The van der Waals surface area contributed by atoms with Crippen LogP contribution in [-0.2, 0) is 4.74 Å². The minimum absolute atomic E-state index is 0.0951. The van der Waals surface area contributed by atoms with Crippen molar-refractivity contribution in [2.45, 2.75) is 26.7 Å². The molecule has 0 aromatic carbocycles. The first kappa shape index (κ1) is 19.0. The number of amides is 2. The van der Waals surface area contributed by atoms with Gasteiger partial charge in [-0.1, -0.05) is 13.3 Å². The van der Waals surface area contributed by atoms with E-state index >= 15 is 0 Å². The third-order valence-electron chi connectivity index (χ3n) is 4.14. The lowest BCUT2D eigenvalue weighted by Gasteiger charge is -2.34. The number of piperazine rings is 1. The van der Waals surface area contributed by atoms with Gasteiger partial charge in [0, 0.05) is 46.0 Å². The number of rotatable bonds is 6. The van der Waals surface area contributed by atoms with Gasteiger partial charge in [0.25, 0.3) is 5.91 Å². The summed E-state index contributed by atoms with van der Waals surface area (Å²) < 4.78 is 5.02. The molecule has 0 atom stereocenters. The van der Waals surface area contributed by atoms with Gasteiger partial charge in [0.2, 0.25) is 5.95 Å². The van der Waals surface area contributed by atoms with Crippen molar-refractivity contribution in [3.05, 3.63) is 18.0 Å². The summed E-state index contributed by atoms with van der Waals surface area (Å²) in [4.78, 5) is 38.2. The SMILES string of the molecule is CCCCN(C)C(=O)c1ccnc(N2CCN(C(=O)OCC)CC2)n1. The smallest absolute Gasteiger partial charge is 0.409 e. The van der Waals surface area contributed by atoms with E-state index in [1.807, 2.05) is 4.90 Å². The molecule has 0 saturated carbocycles. The molecular formula is C17H27N5O3. The van der Waals surface area contributed by atoms with Crippen LogP contribution in [0.5, 0.6) is 0 Å². The second-order valence-corrected chi connectivity index (χ2v) is 6.00. The number of aromatic nitrogens is 2. The molecule has 8 heteroatoms. The average Bonchev–Trinajstić information content (AvgIpc) is 2.66. The average molecular weight is 349 g/mol. The van der Waals surface area contributed by atoms with Gasteiger partial charge in [-0.25, -0.2) is 14.8 Å². The highest BCUT2D eigenvalue weighted by molar-refractivity contribution is 5.92. The summed E-state index contributed by atoms with van der Waals surface area (Å²) in [5.74, 6) is 0.431. The standard InChI is InChI=1S/C17H27N5O3/c1-4-6-9-20(3)15(23)14-7-8-18-16(19-14)21-10-12-22(13-11-21)17(24)25-5-2/h7-8H,4-6,9-13H2,1-3H3. The Morgan fingerprint density at radius 3 is 2.60 bits per heavy atom. The van der Waals surface area contributed by atoms with Gasteiger partial charge in [-0.05, 0) is 19.4 Å². The number of unbranched alkanes of at least 4 members (excludes halogenated alkanes) is 1. The molecule has 8 nitrogen and oxygen atoms in total. The monoisotopic (exact) mass is 349 g/mol. The predicted molar refractivity (Wildman–Crippen MR) is 94.7 cm³/mol. The molecule has 1 aromatic heterocycles. The quantitative estimate of drug-likeness (QED) is 0.777. The Hall–Kier alpha value is -2.38. The van der Waals surface area contributed by atoms with Crippen molar-refractivity contribution >= 4 is 17.9 Å². The molecule has 1 fully saturated rings. The number of carbonyl (C=O) groups excluding carboxylic acids is 2. The minimum Gasteiger partial charge on any atom is -0.450 e. The maximum absolute atomic E-state index is 12.4. The highest BCUT2D eigenvalue weighted by Crippen LogP contribution is 2.13. The highest BCUT2D eigenvalue weighted by Gasteiger charge is 2.24. The number of hydrogen-bond acceptors (Lipinski definition) is 6. The molecule has 0 aliphatic carbocycles. The lowest BCUT2D eigenvalue weighted by Crippen LogP contribution is -2.49. The van der Waals surface area contributed by atoms with Crippen molar-refractivity contribution < 1.29 is 14.3 Å². The van der Waals surface area contributed by atoms with Crippen molar-refractivity contribution in [2.75, 3.05) is 51.3 Å². The topological polar surface area (TPSA) is 78.9 Å². The molecule has 1 aromatic rings. The molecule has 0 unspecified atom stereocenters. The van der Waals surface area contributed by atoms with Crippen LogP contribution >= 0.6 is 0 Å². The van der Waals surface area contributed by atoms with Crippen molar-refractivity contribution in [3.8, 4) is 0 Å². The molecule has 138 valence electrons. The van der Waals surface area contributed by atoms with Crippen LogP contribution < -0.4 is 4.90 Å². The zero-order chi connectivity index (χ0) is 18.2. The Balaban J connectivity index is 1.98. The maximum atomic E-state index is 12.4. The van der Waals surface area contributed by atoms with Crippen molar-refractivity contribution in [2.24, 2.45) is 0 Å². The van der Waals surface area contributed by atoms with Crippen LogP contribution in [0.3, 0.4) is 0 Å². The Morgan fingerprint density at radius 1 is 1.24 bits per heavy atom. The third-order valence-corrected chi connectivity index (χ3v) is 4.14. The molecule has 1 aliphatic heterocycles. The van der Waals surface area contributed by atoms with E-state index in [0.717, 1.165) is 12.8 Å². The van der Waals surface area contributed by atoms with Gasteiger partial charge in [-0.15, -0.1) is 0 Å². The molecule has 0 spiro atoms. The van der Waals surface area contributed by atoms with E-state index < -0.39 is 0 Å². The predicted octanol–water partition coefficient (Wildman–Crippen LogP) is 1.63. The Labute approximate surface area is 148 Å². The zero-order valence-electron chi connectivity index (χ0n) is 15.3. The first-order valence-corrected chi connectivity index (χ1v) is 8.82. The summed E-state index contributed by atoms with van der Waals surface area (Å²) >= 11 is 0. The normalized spacial score (nSPS) is 14.4. The van der Waals surface area contributed by atoms with E-state index in [9.17, 15) is 9.59 Å². The van der Waals surface area contributed by atoms with Crippen LogP contribution in [0, 0.1) is 0 Å². The zero-order valence-corrected chi connectivity index (χ0v) is 15.3. The van der Waals surface area contributed by atoms with E-state index in [-0.39, 0.29) is 12.0 Å². The second kappa shape index (κ2) is 9.19. The number of ether oxygens (including phenoxy) is 1. The lowest BCUT2D eigenvalue weighted by molar-refractivity contribution is 0.0787. The van der Waals surface area contributed by atoms with Gasteiger partial charge in [-0.3, -0.25) is 4.79 Å². The fraction of sp³-hybridized carbons (Fsp3) is 0.647. The van der Waals surface area contributed by atoms with Crippen LogP contribution in [0.4, 0.5) is 10.7 Å². The summed E-state index contributed by atoms with van der Waals surface area (Å²) in [5, 5.41) is 0. The summed E-state index contributed by atoms with van der Waals surface area (Å²) in [6, 6.07) is 1.64. The van der Waals surface area contributed by atoms with Crippen LogP contribution in [-0.4, -0.2) is 78.1 Å². The van der Waals surface area contributed by atoms with E-state index in [2.05, 4.69) is 16.9 Å². The summed E-state index contributed by atoms with van der Waals surface area (Å²) in [7, 11) is 1.79. The molecule has 2 rings (SSSR count). The molecule has 1 saturated heterocycles. The van der Waals surface area contributed by atoms with Crippen LogP contribution in [0.1, 0.15) is 37.2 Å². The Bertz CT molecular complexity index is 587. The van der Waals surface area contributed by atoms with Gasteiger partial charge >= 0.3 is 6.09 Å². The molecule has 2 heterocycles. The van der Waals surface area contributed by atoms with Crippen molar-refractivity contribution in [3.63, 3.8) is 0 Å². The van der Waals surface area contributed by atoms with Crippen molar-refractivity contribution in [1.82, 2.24) is 19.8 Å². The number of hydrogen-bond donors (Lipinski definition) is 0. The van der Waals surface area contributed by atoms with Gasteiger partial charge < -0.3 is 19.4 Å². The second-order valence-electron chi connectivity index (χ2n) is 6.00. The maximum Gasteiger partial charge on any atom is 0.409 e. The molecule has 0 radical (unpaired) electrons. The Morgan fingerprint density at radius 2 is 1.96 bits per heavy atom. The largest absolute Gasteiger partial charge is 0.450 e. The first-order chi connectivity index (χ1) is 12.1. The van der Waals surface area contributed by atoms with Crippen LogP contribution in [0.15, 0.2) is 12.3 Å². The molecule has 1 aliphatic rings. The van der Waals surface area contributed by atoms with Gasteiger partial charge in [0.15, 0.2) is 0 Å². The summed E-state index contributed by atoms with van der Waals surface area (Å²) in [5.41, 5.74) is 0.399. The number of nitrogens with zero attached hydrogens (tertiary/aromatic N) is 5. The molecule has 0 N–H and O–H groups in total. The minimum atomic E-state index is -0.287. The molecular weight excluding hydrogens is 322 g/mol. The summed E-state index contributed by atoms with van der Waals surface area (Å²) in [6.45, 7) is 7.31. The van der Waals surface area contributed by atoms with Crippen LogP contribution in [0.2, 0.25) is 0 Å². The third kappa shape index (κ3) is 5.04. The lowest BCUT2D eigenvalue weighted by atomic mass is 10.3. The number of anilines is 1. The molecule has 25 heavy (non-hydrogen) atoms. The fourth-order valence-corrected chi connectivity index (χ4v) is 2.62. The van der Waals surface area contributed by atoms with Gasteiger partial charge in [-0.2, -0.15) is 0 Å². The molecule has 0 bridgehead atoms. The molecule has 2 amide bonds. The van der Waals surface area contributed by atoms with Crippen LogP contribution in [0.25, 0.3) is 0 Å². The van der Waals surface area contributed by atoms with Gasteiger partial charge in [0.05, 0.1) is 6.61 Å². The Kier molecular flexibility index (Phi) is 6.97. The van der Waals surface area contributed by atoms with Gasteiger partial charge in [0.1, 0.15) is 5.69 Å². The highest BCUT2D eigenvalue weighted by atomic mass is 16.6. The first-order valence-electron chi connectivity index (χ1n) is 8.82. The van der Waals surface area contributed by atoms with E-state index in [0.29, 0.717) is 51.0 Å². The van der Waals surface area contributed by atoms with Crippen molar-refractivity contribution in [1.29, 1.82) is 0 Å².